The van der Waals surface area contributed by atoms with E-state index < -0.39 is 0 Å². The summed E-state index contributed by atoms with van der Waals surface area (Å²) in [7, 11) is 0. The first kappa shape index (κ1) is 21.8. The smallest absolute Gasteiger partial charge is 0.199 e. The first-order valence-corrected chi connectivity index (χ1v) is 11.5. The van der Waals surface area contributed by atoms with E-state index >= 15 is 0 Å². The third-order valence-electron chi connectivity index (χ3n) is 5.96. The molecule has 3 atom stereocenters. The van der Waals surface area contributed by atoms with Crippen LogP contribution < -0.4 is 9.47 Å². The van der Waals surface area contributed by atoms with Crippen LogP contribution in [0.3, 0.4) is 0 Å². The third kappa shape index (κ3) is 5.86. The zero-order valence-electron chi connectivity index (χ0n) is 18.3. The third-order valence-corrected chi connectivity index (χ3v) is 5.96. The predicted octanol–water partition coefficient (Wildman–Crippen LogP) is 5.87. The van der Waals surface area contributed by atoms with Crippen LogP contribution in [0.15, 0.2) is 48.5 Å². The first-order chi connectivity index (χ1) is 15.2. The number of Topliss-reactive ketones (excluding diaryl/α,β-unsaturated/α-hetero) is 1. The Morgan fingerprint density at radius 2 is 1.35 bits per heavy atom. The lowest BCUT2D eigenvalue weighted by molar-refractivity contribution is -0.106. The first-order valence-electron chi connectivity index (χ1n) is 11.5. The fourth-order valence-electron chi connectivity index (χ4n) is 4.16. The Balaban J connectivity index is 1.37. The molecule has 2 aliphatic rings. The Bertz CT molecular complexity index is 818. The van der Waals surface area contributed by atoms with Gasteiger partial charge in [-0.2, -0.15) is 0 Å². The minimum atomic E-state index is -0.187. The minimum absolute atomic E-state index is 0.118. The van der Waals surface area contributed by atoms with Crippen molar-refractivity contribution in [1.29, 1.82) is 0 Å². The Morgan fingerprint density at radius 1 is 0.839 bits per heavy atom. The van der Waals surface area contributed by atoms with Crippen LogP contribution in [0.25, 0.3) is 0 Å². The molecule has 2 aliphatic heterocycles. The molecule has 0 saturated carbocycles. The molecule has 2 aromatic rings. The Morgan fingerprint density at radius 3 is 1.81 bits per heavy atom. The molecule has 0 aromatic heterocycles. The van der Waals surface area contributed by atoms with E-state index in [4.69, 9.17) is 18.9 Å². The van der Waals surface area contributed by atoms with Crippen molar-refractivity contribution < 1.29 is 23.7 Å². The number of rotatable bonds is 8. The van der Waals surface area contributed by atoms with Crippen LogP contribution in [0.4, 0.5) is 0 Å². The second kappa shape index (κ2) is 10.8. The molecular weight excluding hydrogens is 392 g/mol. The molecule has 5 heteroatoms. The van der Waals surface area contributed by atoms with Crippen molar-refractivity contribution in [3.63, 3.8) is 0 Å². The zero-order valence-corrected chi connectivity index (χ0v) is 18.3. The summed E-state index contributed by atoms with van der Waals surface area (Å²) >= 11 is 0. The Kier molecular flexibility index (Phi) is 7.60. The van der Waals surface area contributed by atoms with Gasteiger partial charge in [-0.15, -0.1) is 0 Å². The second-order valence-electron chi connectivity index (χ2n) is 8.25. The van der Waals surface area contributed by atoms with Crippen molar-refractivity contribution in [3.8, 4) is 11.5 Å². The van der Waals surface area contributed by atoms with E-state index in [2.05, 4.69) is 0 Å². The number of carbonyl (C=O) groups is 1. The highest BCUT2D eigenvalue weighted by atomic mass is 16.7. The molecule has 2 fully saturated rings. The second-order valence-corrected chi connectivity index (χ2v) is 8.25. The van der Waals surface area contributed by atoms with Gasteiger partial charge in [0.25, 0.3) is 0 Å². The van der Waals surface area contributed by atoms with Gasteiger partial charge in [-0.1, -0.05) is 19.1 Å². The van der Waals surface area contributed by atoms with Gasteiger partial charge in [0, 0.05) is 24.3 Å². The number of hydrogen-bond acceptors (Lipinski definition) is 5. The molecule has 3 unspecified atom stereocenters. The fourth-order valence-corrected chi connectivity index (χ4v) is 4.16. The molecule has 5 nitrogen and oxygen atoms in total. The Labute approximate surface area is 184 Å². The van der Waals surface area contributed by atoms with Crippen molar-refractivity contribution in [2.24, 2.45) is 0 Å². The van der Waals surface area contributed by atoms with Gasteiger partial charge in [0.05, 0.1) is 13.2 Å². The van der Waals surface area contributed by atoms with Crippen molar-refractivity contribution >= 4 is 5.78 Å². The number of benzene rings is 2. The molecule has 31 heavy (non-hydrogen) atoms. The molecule has 0 bridgehead atoms. The van der Waals surface area contributed by atoms with Crippen LogP contribution in [-0.2, 0) is 9.47 Å². The highest BCUT2D eigenvalue weighted by Crippen LogP contribution is 2.28. The molecular formula is C26H32O5. The van der Waals surface area contributed by atoms with E-state index in [0.717, 1.165) is 75.2 Å². The maximum Gasteiger partial charge on any atom is 0.199 e. The van der Waals surface area contributed by atoms with E-state index in [9.17, 15) is 4.79 Å². The quantitative estimate of drug-likeness (QED) is 0.496. The van der Waals surface area contributed by atoms with Gasteiger partial charge in [-0.3, -0.25) is 4.79 Å². The van der Waals surface area contributed by atoms with Crippen molar-refractivity contribution in [3.05, 3.63) is 59.7 Å². The lowest BCUT2D eigenvalue weighted by Gasteiger charge is -2.24. The molecule has 4 rings (SSSR count). The maximum absolute atomic E-state index is 13.2. The normalized spacial score (nSPS) is 22.5. The predicted molar refractivity (Wildman–Crippen MR) is 119 cm³/mol. The summed E-state index contributed by atoms with van der Waals surface area (Å²) < 4.78 is 23.1. The highest BCUT2D eigenvalue weighted by molar-refractivity contribution is 6.01. The topological polar surface area (TPSA) is 54.0 Å². The van der Waals surface area contributed by atoms with Crippen LogP contribution in [0, 0.1) is 0 Å². The average Bonchev–Trinajstić information content (AvgIpc) is 2.82. The summed E-state index contributed by atoms with van der Waals surface area (Å²) in [6.45, 7) is 3.55. The lowest BCUT2D eigenvalue weighted by Crippen LogP contribution is -2.25. The summed E-state index contributed by atoms with van der Waals surface area (Å²) in [5, 5.41) is 0. The fraction of sp³-hybridized carbons (Fsp3) is 0.500. The molecule has 0 N–H and O–H groups in total. The number of ether oxygens (including phenoxy) is 4. The molecule has 0 amide bonds. The molecule has 2 aromatic carbocycles. The van der Waals surface area contributed by atoms with E-state index in [1.807, 2.05) is 55.5 Å². The van der Waals surface area contributed by atoms with Gasteiger partial charge in [0.2, 0.25) is 0 Å². The monoisotopic (exact) mass is 424 g/mol. The molecule has 0 aliphatic carbocycles. The van der Waals surface area contributed by atoms with Gasteiger partial charge in [0.1, 0.15) is 11.5 Å². The van der Waals surface area contributed by atoms with Crippen LogP contribution in [-0.4, -0.2) is 31.6 Å². The minimum Gasteiger partial charge on any atom is -0.465 e. The summed E-state index contributed by atoms with van der Waals surface area (Å²) in [5.74, 6) is 1.45. The molecule has 0 radical (unpaired) electrons. The van der Waals surface area contributed by atoms with Gasteiger partial charge >= 0.3 is 0 Å². The van der Waals surface area contributed by atoms with E-state index in [1.165, 1.54) is 0 Å². The van der Waals surface area contributed by atoms with E-state index in [0.29, 0.717) is 5.56 Å². The summed E-state index contributed by atoms with van der Waals surface area (Å²) in [4.78, 5) is 13.2. The number of carbonyl (C=O) groups excluding carboxylic acids is 1. The lowest BCUT2D eigenvalue weighted by atomic mass is 9.88. The largest absolute Gasteiger partial charge is 0.465 e. The molecule has 0 spiro atoms. The maximum atomic E-state index is 13.2. The van der Waals surface area contributed by atoms with Gasteiger partial charge in [0.15, 0.2) is 18.4 Å². The number of ketones is 1. The van der Waals surface area contributed by atoms with Crippen molar-refractivity contribution in [1.82, 2.24) is 0 Å². The number of hydrogen-bond donors (Lipinski definition) is 0. The van der Waals surface area contributed by atoms with Crippen LogP contribution in [0.2, 0.25) is 0 Å². The highest BCUT2D eigenvalue weighted by Gasteiger charge is 2.22. The summed E-state index contributed by atoms with van der Waals surface area (Å²) in [6.07, 6.45) is 6.66. The molecule has 2 saturated heterocycles. The summed E-state index contributed by atoms with van der Waals surface area (Å²) in [5.41, 5.74) is 1.69. The summed E-state index contributed by atoms with van der Waals surface area (Å²) in [6, 6.07) is 15.3. The van der Waals surface area contributed by atoms with Crippen LogP contribution >= 0.6 is 0 Å². The molecule has 2 heterocycles. The van der Waals surface area contributed by atoms with E-state index in [-0.39, 0.29) is 24.3 Å². The Hall–Kier alpha value is -2.37. The SMILES string of the molecule is CCC(C(=O)c1ccc(OC2CCCCO2)cc1)c1ccc(OC2CCCCO2)cc1. The van der Waals surface area contributed by atoms with Crippen molar-refractivity contribution in [2.75, 3.05) is 13.2 Å². The van der Waals surface area contributed by atoms with Gasteiger partial charge in [-0.25, -0.2) is 0 Å². The average molecular weight is 425 g/mol. The van der Waals surface area contributed by atoms with Crippen LogP contribution in [0.5, 0.6) is 11.5 Å². The van der Waals surface area contributed by atoms with Crippen molar-refractivity contribution in [2.45, 2.75) is 70.4 Å². The van der Waals surface area contributed by atoms with Gasteiger partial charge in [-0.05, 0) is 74.1 Å². The standard InChI is InChI=1S/C26H32O5/c1-2-23(19-9-13-21(14-10-19)30-24-7-3-5-17-28-24)26(27)20-11-15-22(16-12-20)31-25-8-4-6-18-29-25/h9-16,23-25H,2-8,17-18H2,1H3. The van der Waals surface area contributed by atoms with E-state index in [1.54, 1.807) is 0 Å². The zero-order chi connectivity index (χ0) is 21.5. The molecule has 166 valence electrons. The van der Waals surface area contributed by atoms with Crippen LogP contribution in [0.1, 0.15) is 73.7 Å². The van der Waals surface area contributed by atoms with Gasteiger partial charge < -0.3 is 18.9 Å².